The van der Waals surface area contributed by atoms with E-state index in [2.05, 4.69) is 26.8 Å². The summed E-state index contributed by atoms with van der Waals surface area (Å²) in [5.41, 5.74) is 4.14. The third kappa shape index (κ3) is 1.42. The minimum Gasteiger partial charge on any atom is -0.508 e. The van der Waals surface area contributed by atoms with Crippen LogP contribution in [0.2, 0.25) is 0 Å². The van der Waals surface area contributed by atoms with Gasteiger partial charge in [0.1, 0.15) is 11.5 Å². The number of rotatable bonds is 5. The summed E-state index contributed by atoms with van der Waals surface area (Å²) in [6, 6.07) is 3.42. The molecule has 0 radical (unpaired) electrons. The molecule has 2 nitrogen and oxygen atoms in total. The molecular weight excluding hydrogens is 272 g/mol. The van der Waals surface area contributed by atoms with Crippen LogP contribution in [-0.4, -0.2) is 10.2 Å². The largest absolute Gasteiger partial charge is 0.508 e. The van der Waals surface area contributed by atoms with Crippen molar-refractivity contribution in [2.45, 2.75) is 58.3 Å². The first-order valence-electron chi connectivity index (χ1n) is 8.71. The first-order chi connectivity index (χ1) is 10.5. The van der Waals surface area contributed by atoms with Gasteiger partial charge in [-0.15, -0.1) is 0 Å². The average Bonchev–Trinajstić information content (AvgIpc) is 2.73. The van der Waals surface area contributed by atoms with Crippen molar-refractivity contribution in [2.24, 2.45) is 17.3 Å². The second-order valence-corrected chi connectivity index (χ2v) is 7.84. The minimum atomic E-state index is 0.0427. The number of hydrogen-bond acceptors (Lipinski definition) is 2. The lowest BCUT2D eigenvalue weighted by Gasteiger charge is -2.32. The fourth-order valence-electron chi connectivity index (χ4n) is 5.85. The summed E-state index contributed by atoms with van der Waals surface area (Å²) in [7, 11) is 0. The predicted octanol–water partition coefficient (Wildman–Crippen LogP) is 4.68. The van der Waals surface area contributed by atoms with Crippen LogP contribution in [0.4, 0.5) is 0 Å². The number of phenols is 2. The van der Waals surface area contributed by atoms with Crippen molar-refractivity contribution in [3.63, 3.8) is 0 Å². The molecule has 0 bridgehead atoms. The zero-order chi connectivity index (χ0) is 15.7. The van der Waals surface area contributed by atoms with E-state index >= 15 is 0 Å². The zero-order valence-electron chi connectivity index (χ0n) is 13.8. The van der Waals surface area contributed by atoms with Crippen molar-refractivity contribution in [3.8, 4) is 11.5 Å². The second kappa shape index (κ2) is 4.31. The Morgan fingerprint density at radius 3 is 2.59 bits per heavy atom. The highest BCUT2D eigenvalue weighted by Crippen LogP contribution is 2.89. The summed E-state index contributed by atoms with van der Waals surface area (Å²) in [6.07, 6.45) is 8.16. The maximum atomic E-state index is 10.6. The van der Waals surface area contributed by atoms with Crippen LogP contribution in [0.5, 0.6) is 11.5 Å². The fourth-order valence-corrected chi connectivity index (χ4v) is 5.85. The van der Waals surface area contributed by atoms with Gasteiger partial charge in [-0.3, -0.25) is 0 Å². The number of benzene rings is 1. The SMILES string of the molecule is CCCCCc1cc(O)cc(O)c1C12C=C(C)C3CC1C32C. The lowest BCUT2D eigenvalue weighted by atomic mass is 9.72. The summed E-state index contributed by atoms with van der Waals surface area (Å²) in [5, 5.41) is 20.6. The van der Waals surface area contributed by atoms with Crippen molar-refractivity contribution in [1.82, 2.24) is 0 Å². The molecule has 118 valence electrons. The Balaban J connectivity index is 1.79. The number of hydrogen-bond donors (Lipinski definition) is 2. The first-order valence-corrected chi connectivity index (χ1v) is 8.71. The standard InChI is InChI=1S/C20H26O2/c1-4-5-6-7-13-8-14(21)9-16(22)18(13)20-11-12(2)15-10-17(20)19(15,20)3/h8-9,11,15,17,21-22H,4-7,10H2,1-3H3. The Labute approximate surface area is 132 Å². The molecule has 2 saturated carbocycles. The highest BCUT2D eigenvalue weighted by molar-refractivity contribution is 5.65. The minimum absolute atomic E-state index is 0.0427. The van der Waals surface area contributed by atoms with Gasteiger partial charge in [0, 0.05) is 17.0 Å². The van der Waals surface area contributed by atoms with E-state index < -0.39 is 0 Å². The Hall–Kier alpha value is -1.44. The monoisotopic (exact) mass is 298 g/mol. The Morgan fingerprint density at radius 2 is 2.00 bits per heavy atom. The molecule has 3 aliphatic carbocycles. The van der Waals surface area contributed by atoms with Gasteiger partial charge in [0.15, 0.2) is 0 Å². The molecule has 1 aromatic carbocycles. The molecule has 2 N–H and O–H groups in total. The molecule has 22 heavy (non-hydrogen) atoms. The molecule has 4 atom stereocenters. The Morgan fingerprint density at radius 1 is 1.23 bits per heavy atom. The van der Waals surface area contributed by atoms with E-state index in [1.807, 2.05) is 6.07 Å². The lowest BCUT2D eigenvalue weighted by molar-refractivity contribution is 0.221. The van der Waals surface area contributed by atoms with E-state index in [0.717, 1.165) is 24.0 Å². The van der Waals surface area contributed by atoms with Crippen molar-refractivity contribution < 1.29 is 10.2 Å². The summed E-state index contributed by atoms with van der Waals surface area (Å²) < 4.78 is 0. The van der Waals surface area contributed by atoms with Crippen LogP contribution in [0.3, 0.4) is 0 Å². The van der Waals surface area contributed by atoms with E-state index in [1.54, 1.807) is 0 Å². The van der Waals surface area contributed by atoms with Gasteiger partial charge in [-0.2, -0.15) is 0 Å². The highest BCUT2D eigenvalue weighted by atomic mass is 16.3. The topological polar surface area (TPSA) is 40.5 Å². The third-order valence-corrected chi connectivity index (χ3v) is 6.93. The molecule has 1 aromatic rings. The van der Waals surface area contributed by atoms with Gasteiger partial charge in [-0.1, -0.05) is 38.3 Å². The highest BCUT2D eigenvalue weighted by Gasteiger charge is 2.85. The zero-order valence-corrected chi connectivity index (χ0v) is 13.8. The molecule has 0 amide bonds. The number of unbranched alkanes of at least 4 members (excludes halogenated alkanes) is 2. The van der Waals surface area contributed by atoms with Gasteiger partial charge in [0.05, 0.1) is 0 Å². The van der Waals surface area contributed by atoms with Crippen LogP contribution < -0.4 is 0 Å². The molecule has 2 fully saturated rings. The van der Waals surface area contributed by atoms with Crippen molar-refractivity contribution in [2.75, 3.05) is 0 Å². The van der Waals surface area contributed by atoms with E-state index in [9.17, 15) is 10.2 Å². The van der Waals surface area contributed by atoms with Gasteiger partial charge in [-0.05, 0) is 55.1 Å². The number of fused-ring (bicyclic) bond motifs is 1. The van der Waals surface area contributed by atoms with Crippen LogP contribution in [0.25, 0.3) is 0 Å². The van der Waals surface area contributed by atoms with E-state index in [1.165, 1.54) is 30.9 Å². The maximum absolute atomic E-state index is 10.6. The molecule has 2 heteroatoms. The van der Waals surface area contributed by atoms with Crippen LogP contribution in [0.15, 0.2) is 23.8 Å². The summed E-state index contributed by atoms with van der Waals surface area (Å²) in [4.78, 5) is 0. The van der Waals surface area contributed by atoms with Gasteiger partial charge in [-0.25, -0.2) is 0 Å². The van der Waals surface area contributed by atoms with Gasteiger partial charge in [0.2, 0.25) is 0 Å². The van der Waals surface area contributed by atoms with Gasteiger partial charge >= 0.3 is 0 Å². The fraction of sp³-hybridized carbons (Fsp3) is 0.600. The van der Waals surface area contributed by atoms with E-state index in [0.29, 0.717) is 23.0 Å². The predicted molar refractivity (Wildman–Crippen MR) is 88.1 cm³/mol. The number of aryl methyl sites for hydroxylation is 1. The Bertz CT molecular complexity index is 675. The molecule has 3 aliphatic rings. The molecule has 0 saturated heterocycles. The van der Waals surface area contributed by atoms with Crippen LogP contribution in [0.1, 0.15) is 57.6 Å². The van der Waals surface area contributed by atoms with Crippen molar-refractivity contribution in [1.29, 1.82) is 0 Å². The maximum Gasteiger partial charge on any atom is 0.123 e. The quantitative estimate of drug-likeness (QED) is 0.612. The number of phenolic OH excluding ortho intramolecular Hbond substituents is 2. The average molecular weight is 298 g/mol. The summed E-state index contributed by atoms with van der Waals surface area (Å²) in [5.74, 6) is 1.88. The van der Waals surface area contributed by atoms with Gasteiger partial charge in [0.25, 0.3) is 0 Å². The molecule has 0 spiro atoms. The molecular formula is C20H26O2. The normalized spacial score (nSPS) is 37.5. The summed E-state index contributed by atoms with van der Waals surface area (Å²) in [6.45, 7) is 6.84. The van der Waals surface area contributed by atoms with Crippen LogP contribution in [-0.2, 0) is 11.8 Å². The first kappa shape index (κ1) is 14.2. The molecule has 0 aromatic heterocycles. The van der Waals surface area contributed by atoms with Crippen molar-refractivity contribution in [3.05, 3.63) is 34.9 Å². The van der Waals surface area contributed by atoms with E-state index in [4.69, 9.17) is 0 Å². The Kier molecular flexibility index (Phi) is 2.77. The van der Waals surface area contributed by atoms with Crippen molar-refractivity contribution >= 4 is 0 Å². The van der Waals surface area contributed by atoms with Crippen LogP contribution >= 0.6 is 0 Å². The van der Waals surface area contributed by atoms with E-state index in [-0.39, 0.29) is 11.2 Å². The second-order valence-electron chi connectivity index (χ2n) is 7.84. The van der Waals surface area contributed by atoms with Crippen LogP contribution in [0, 0.1) is 17.3 Å². The summed E-state index contributed by atoms with van der Waals surface area (Å²) >= 11 is 0. The number of aromatic hydroxyl groups is 2. The third-order valence-electron chi connectivity index (χ3n) is 6.93. The molecule has 0 aliphatic heterocycles. The number of allylic oxidation sites excluding steroid dienone is 2. The lowest BCUT2D eigenvalue weighted by Crippen LogP contribution is -2.25. The molecule has 4 rings (SSSR count). The molecule has 4 unspecified atom stereocenters. The molecule has 0 heterocycles. The smallest absolute Gasteiger partial charge is 0.123 e. The van der Waals surface area contributed by atoms with Gasteiger partial charge < -0.3 is 10.2 Å².